The Labute approximate surface area is 126 Å². The Bertz CT molecular complexity index is 502. The SMILES string of the molecule is CC(C)C1CCCC2(CC(N)c3cc(Cl)ccc3O2)C1. The van der Waals surface area contributed by atoms with Crippen molar-refractivity contribution < 1.29 is 4.74 Å². The molecule has 1 heterocycles. The van der Waals surface area contributed by atoms with Crippen LogP contribution in [0.25, 0.3) is 0 Å². The molecular weight excluding hydrogens is 270 g/mol. The molecule has 2 nitrogen and oxygen atoms in total. The van der Waals surface area contributed by atoms with Gasteiger partial charge in [0.15, 0.2) is 0 Å². The molecule has 1 saturated carbocycles. The van der Waals surface area contributed by atoms with Gasteiger partial charge in [-0.3, -0.25) is 0 Å². The van der Waals surface area contributed by atoms with Gasteiger partial charge in [0.1, 0.15) is 11.4 Å². The largest absolute Gasteiger partial charge is 0.487 e. The quantitative estimate of drug-likeness (QED) is 0.814. The molecule has 3 unspecified atom stereocenters. The van der Waals surface area contributed by atoms with Crippen LogP contribution in [0, 0.1) is 11.8 Å². The third-order valence-electron chi connectivity index (χ3n) is 5.07. The highest BCUT2D eigenvalue weighted by Crippen LogP contribution is 2.48. The Morgan fingerprint density at radius 3 is 2.90 bits per heavy atom. The zero-order valence-electron chi connectivity index (χ0n) is 12.4. The van der Waals surface area contributed by atoms with Gasteiger partial charge in [0.2, 0.25) is 0 Å². The fourth-order valence-corrected chi connectivity index (χ4v) is 4.08. The van der Waals surface area contributed by atoms with Crippen LogP contribution in [0.4, 0.5) is 0 Å². The van der Waals surface area contributed by atoms with Crippen LogP contribution in [0.1, 0.15) is 57.6 Å². The first kappa shape index (κ1) is 14.2. The molecule has 0 radical (unpaired) electrons. The highest BCUT2D eigenvalue weighted by atomic mass is 35.5. The molecular formula is C17H24ClNO. The van der Waals surface area contributed by atoms with Gasteiger partial charge in [0.25, 0.3) is 0 Å². The van der Waals surface area contributed by atoms with Crippen LogP contribution in [0.2, 0.25) is 5.02 Å². The second kappa shape index (κ2) is 5.23. The van der Waals surface area contributed by atoms with Crippen molar-refractivity contribution in [2.75, 3.05) is 0 Å². The number of halogens is 1. The standard InChI is InChI=1S/C17H24ClNO/c1-11(2)12-4-3-7-17(9-12)10-15(19)14-8-13(18)5-6-16(14)20-17/h5-6,8,11-12,15H,3-4,7,9-10,19H2,1-2H3. The maximum Gasteiger partial charge on any atom is 0.125 e. The molecule has 3 atom stereocenters. The summed E-state index contributed by atoms with van der Waals surface area (Å²) in [6, 6.07) is 5.88. The summed E-state index contributed by atoms with van der Waals surface area (Å²) < 4.78 is 6.43. The van der Waals surface area contributed by atoms with Gasteiger partial charge in [-0.2, -0.15) is 0 Å². The first-order valence-corrected chi connectivity index (χ1v) is 8.11. The van der Waals surface area contributed by atoms with E-state index in [0.717, 1.165) is 47.4 Å². The van der Waals surface area contributed by atoms with Gasteiger partial charge in [-0.15, -0.1) is 0 Å². The molecule has 110 valence electrons. The molecule has 2 aliphatic rings. The number of benzene rings is 1. The van der Waals surface area contributed by atoms with Crippen LogP contribution in [-0.2, 0) is 0 Å². The molecule has 0 amide bonds. The van der Waals surface area contributed by atoms with Crippen molar-refractivity contribution in [3.05, 3.63) is 28.8 Å². The van der Waals surface area contributed by atoms with Crippen LogP contribution < -0.4 is 10.5 Å². The van der Waals surface area contributed by atoms with E-state index in [1.54, 1.807) is 0 Å². The molecule has 3 heteroatoms. The molecule has 0 bridgehead atoms. The van der Waals surface area contributed by atoms with Gasteiger partial charge in [-0.25, -0.2) is 0 Å². The van der Waals surface area contributed by atoms with Crippen molar-refractivity contribution >= 4 is 11.6 Å². The predicted octanol–water partition coefficient (Wildman–Crippen LogP) is 4.71. The Balaban J connectivity index is 1.88. The minimum absolute atomic E-state index is 0.0448. The second-order valence-corrected chi connectivity index (χ2v) is 7.31. The molecule has 1 aromatic rings. The van der Waals surface area contributed by atoms with E-state index in [1.165, 1.54) is 12.8 Å². The normalized spacial score (nSPS) is 33.0. The monoisotopic (exact) mass is 293 g/mol. The summed E-state index contributed by atoms with van der Waals surface area (Å²) in [4.78, 5) is 0. The van der Waals surface area contributed by atoms with Gasteiger partial charge in [0.05, 0.1) is 0 Å². The first-order chi connectivity index (χ1) is 9.49. The highest BCUT2D eigenvalue weighted by Gasteiger charge is 2.43. The maximum atomic E-state index is 6.43. The molecule has 20 heavy (non-hydrogen) atoms. The Morgan fingerprint density at radius 2 is 2.15 bits per heavy atom. The van der Waals surface area contributed by atoms with Crippen LogP contribution >= 0.6 is 11.6 Å². The van der Waals surface area contributed by atoms with Crippen molar-refractivity contribution in [2.45, 2.75) is 57.6 Å². The number of nitrogens with two attached hydrogens (primary N) is 1. The van der Waals surface area contributed by atoms with Gasteiger partial charge in [-0.1, -0.05) is 25.4 Å². The number of hydrogen-bond acceptors (Lipinski definition) is 2. The predicted molar refractivity (Wildman–Crippen MR) is 83.2 cm³/mol. The van der Waals surface area contributed by atoms with E-state index in [0.29, 0.717) is 0 Å². The molecule has 3 rings (SSSR count). The second-order valence-electron chi connectivity index (χ2n) is 6.88. The average molecular weight is 294 g/mol. The molecule has 1 fully saturated rings. The summed E-state index contributed by atoms with van der Waals surface area (Å²) in [5.41, 5.74) is 7.42. The zero-order chi connectivity index (χ0) is 14.3. The Hall–Kier alpha value is -0.730. The minimum atomic E-state index is -0.0482. The Kier molecular flexibility index (Phi) is 3.72. The summed E-state index contributed by atoms with van der Waals surface area (Å²) in [6.07, 6.45) is 5.76. The van der Waals surface area contributed by atoms with Crippen LogP contribution in [0.15, 0.2) is 18.2 Å². The Morgan fingerprint density at radius 1 is 1.35 bits per heavy atom. The molecule has 1 aromatic carbocycles. The van der Waals surface area contributed by atoms with Crippen molar-refractivity contribution in [3.63, 3.8) is 0 Å². The topological polar surface area (TPSA) is 35.2 Å². The van der Waals surface area contributed by atoms with Crippen LogP contribution in [0.3, 0.4) is 0 Å². The van der Waals surface area contributed by atoms with Gasteiger partial charge >= 0.3 is 0 Å². The van der Waals surface area contributed by atoms with Crippen molar-refractivity contribution in [3.8, 4) is 5.75 Å². The molecule has 0 aromatic heterocycles. The first-order valence-electron chi connectivity index (χ1n) is 7.73. The van der Waals surface area contributed by atoms with E-state index in [-0.39, 0.29) is 11.6 Å². The molecule has 2 N–H and O–H groups in total. The summed E-state index contributed by atoms with van der Waals surface area (Å²) in [7, 11) is 0. The van der Waals surface area contributed by atoms with Gasteiger partial charge in [-0.05, 0) is 55.7 Å². The lowest BCUT2D eigenvalue weighted by Crippen LogP contribution is -2.47. The van der Waals surface area contributed by atoms with E-state index in [4.69, 9.17) is 22.1 Å². The van der Waals surface area contributed by atoms with E-state index in [2.05, 4.69) is 13.8 Å². The number of hydrogen-bond donors (Lipinski definition) is 1. The summed E-state index contributed by atoms with van der Waals surface area (Å²) in [6.45, 7) is 4.64. The van der Waals surface area contributed by atoms with E-state index in [9.17, 15) is 0 Å². The lowest BCUT2D eigenvalue weighted by molar-refractivity contribution is -0.0249. The molecule has 0 saturated heterocycles. The van der Waals surface area contributed by atoms with Gasteiger partial charge < -0.3 is 10.5 Å². The average Bonchev–Trinajstić information content (AvgIpc) is 2.40. The number of rotatable bonds is 1. The van der Waals surface area contributed by atoms with E-state index < -0.39 is 0 Å². The van der Waals surface area contributed by atoms with Crippen LogP contribution in [-0.4, -0.2) is 5.60 Å². The summed E-state index contributed by atoms with van der Waals surface area (Å²) >= 11 is 6.07. The fraction of sp³-hybridized carbons (Fsp3) is 0.647. The maximum absolute atomic E-state index is 6.43. The molecule has 1 aliphatic carbocycles. The van der Waals surface area contributed by atoms with E-state index >= 15 is 0 Å². The van der Waals surface area contributed by atoms with Gasteiger partial charge in [0, 0.05) is 23.0 Å². The van der Waals surface area contributed by atoms with Crippen molar-refractivity contribution in [1.29, 1.82) is 0 Å². The molecule has 1 spiro atoms. The minimum Gasteiger partial charge on any atom is -0.487 e. The van der Waals surface area contributed by atoms with Crippen molar-refractivity contribution in [2.24, 2.45) is 17.6 Å². The lowest BCUT2D eigenvalue weighted by Gasteiger charge is -2.47. The number of fused-ring (bicyclic) bond motifs is 1. The highest BCUT2D eigenvalue weighted by molar-refractivity contribution is 6.30. The third kappa shape index (κ3) is 2.56. The zero-order valence-corrected chi connectivity index (χ0v) is 13.1. The summed E-state index contributed by atoms with van der Waals surface area (Å²) in [5.74, 6) is 2.42. The smallest absolute Gasteiger partial charge is 0.125 e. The lowest BCUT2D eigenvalue weighted by atomic mass is 9.70. The fourth-order valence-electron chi connectivity index (χ4n) is 3.90. The molecule has 1 aliphatic heterocycles. The number of ether oxygens (including phenoxy) is 1. The third-order valence-corrected chi connectivity index (χ3v) is 5.31. The summed E-state index contributed by atoms with van der Waals surface area (Å²) in [5, 5.41) is 0.738. The van der Waals surface area contributed by atoms with Crippen LogP contribution in [0.5, 0.6) is 5.75 Å². The van der Waals surface area contributed by atoms with E-state index in [1.807, 2.05) is 18.2 Å². The van der Waals surface area contributed by atoms with Crippen molar-refractivity contribution in [1.82, 2.24) is 0 Å².